The topological polar surface area (TPSA) is 32.3 Å². The minimum atomic E-state index is -0.0399. The summed E-state index contributed by atoms with van der Waals surface area (Å²) in [4.78, 5) is 13.6. The van der Waals surface area contributed by atoms with E-state index in [0.717, 1.165) is 10.2 Å². The first-order chi connectivity index (χ1) is 7.49. The van der Waals surface area contributed by atoms with Crippen molar-refractivity contribution in [3.8, 4) is 0 Å². The number of amides is 1. The molecule has 4 heteroatoms. The Kier molecular flexibility index (Phi) is 2.93. The molecule has 1 fully saturated rings. The van der Waals surface area contributed by atoms with E-state index in [2.05, 4.69) is 40.0 Å². The predicted octanol–water partition coefficient (Wildman–Crippen LogP) is 2.16. The second-order valence-electron chi connectivity index (χ2n) is 4.65. The van der Waals surface area contributed by atoms with Gasteiger partial charge in [-0.1, -0.05) is 15.9 Å². The number of nitrogens with one attached hydrogen (secondary N) is 1. The average Bonchev–Trinajstić information content (AvgIpc) is 2.23. The molecular weight excluding hydrogens is 268 g/mol. The summed E-state index contributed by atoms with van der Waals surface area (Å²) in [5, 5.41) is 2.89. The van der Waals surface area contributed by atoms with Gasteiger partial charge in [0.2, 0.25) is 5.91 Å². The lowest BCUT2D eigenvalue weighted by molar-refractivity contribution is -0.121. The van der Waals surface area contributed by atoms with E-state index in [-0.39, 0.29) is 11.4 Å². The highest BCUT2D eigenvalue weighted by Crippen LogP contribution is 2.26. The van der Waals surface area contributed by atoms with Gasteiger partial charge in [-0.2, -0.15) is 0 Å². The zero-order valence-electron chi connectivity index (χ0n) is 9.46. The van der Waals surface area contributed by atoms with E-state index in [4.69, 9.17) is 0 Å². The van der Waals surface area contributed by atoms with Crippen LogP contribution in [-0.2, 0) is 4.79 Å². The van der Waals surface area contributed by atoms with Crippen LogP contribution >= 0.6 is 15.9 Å². The number of nitrogens with zero attached hydrogens (tertiary/aromatic N) is 1. The van der Waals surface area contributed by atoms with Gasteiger partial charge in [0, 0.05) is 16.7 Å². The highest BCUT2D eigenvalue weighted by Gasteiger charge is 2.33. The Labute approximate surface area is 104 Å². The lowest BCUT2D eigenvalue weighted by Gasteiger charge is -2.43. The van der Waals surface area contributed by atoms with Crippen LogP contribution in [0.25, 0.3) is 0 Å². The number of hydrogen-bond acceptors (Lipinski definition) is 2. The first-order valence-corrected chi connectivity index (χ1v) is 6.08. The van der Waals surface area contributed by atoms with Crippen LogP contribution in [0, 0.1) is 0 Å². The summed E-state index contributed by atoms with van der Waals surface area (Å²) < 4.78 is 1.05. The molecule has 2 rings (SSSR count). The monoisotopic (exact) mass is 282 g/mol. The van der Waals surface area contributed by atoms with Crippen molar-refractivity contribution in [1.82, 2.24) is 5.32 Å². The molecule has 1 saturated heterocycles. The molecule has 86 valence electrons. The molecule has 1 heterocycles. The second-order valence-corrected chi connectivity index (χ2v) is 5.57. The van der Waals surface area contributed by atoms with Gasteiger partial charge in [0.05, 0.1) is 12.1 Å². The minimum absolute atomic E-state index is 0.0399. The van der Waals surface area contributed by atoms with Gasteiger partial charge in [-0.05, 0) is 38.1 Å². The third-order valence-electron chi connectivity index (χ3n) is 2.89. The number of anilines is 1. The third-order valence-corrected chi connectivity index (χ3v) is 3.42. The van der Waals surface area contributed by atoms with Crippen LogP contribution in [0.5, 0.6) is 0 Å². The molecule has 0 spiro atoms. The third kappa shape index (κ3) is 2.21. The first kappa shape index (κ1) is 11.5. The van der Waals surface area contributed by atoms with Crippen LogP contribution in [0.1, 0.15) is 13.8 Å². The SMILES string of the molecule is CC1(C)CNC(=O)CN1c1ccc(Br)cc1. The number of hydrogen-bond donors (Lipinski definition) is 1. The largest absolute Gasteiger partial charge is 0.355 e. The van der Waals surface area contributed by atoms with Crippen LogP contribution < -0.4 is 10.2 Å². The maximum Gasteiger partial charge on any atom is 0.239 e. The molecule has 1 N–H and O–H groups in total. The van der Waals surface area contributed by atoms with Crippen molar-refractivity contribution in [2.75, 3.05) is 18.0 Å². The maximum absolute atomic E-state index is 11.4. The van der Waals surface area contributed by atoms with Gasteiger partial charge in [0.15, 0.2) is 0 Å². The number of benzene rings is 1. The number of carbonyl (C=O) groups is 1. The first-order valence-electron chi connectivity index (χ1n) is 5.29. The molecule has 1 aromatic rings. The van der Waals surface area contributed by atoms with E-state index >= 15 is 0 Å². The van der Waals surface area contributed by atoms with Crippen LogP contribution in [0.4, 0.5) is 5.69 Å². The van der Waals surface area contributed by atoms with E-state index in [1.54, 1.807) is 0 Å². The Bertz CT molecular complexity index is 400. The van der Waals surface area contributed by atoms with Gasteiger partial charge in [-0.3, -0.25) is 4.79 Å². The molecule has 0 atom stereocenters. The molecule has 0 saturated carbocycles. The average molecular weight is 283 g/mol. The normalized spacial score (nSPS) is 19.4. The van der Waals surface area contributed by atoms with Gasteiger partial charge >= 0.3 is 0 Å². The molecule has 0 aromatic heterocycles. The van der Waals surface area contributed by atoms with Gasteiger partial charge < -0.3 is 10.2 Å². The molecular formula is C12H15BrN2O. The fraction of sp³-hybridized carbons (Fsp3) is 0.417. The minimum Gasteiger partial charge on any atom is -0.355 e. The maximum atomic E-state index is 11.4. The smallest absolute Gasteiger partial charge is 0.239 e. The highest BCUT2D eigenvalue weighted by atomic mass is 79.9. The van der Waals surface area contributed by atoms with Crippen molar-refractivity contribution >= 4 is 27.5 Å². The summed E-state index contributed by atoms with van der Waals surface area (Å²) in [5.74, 6) is 0.0854. The Hall–Kier alpha value is -1.03. The van der Waals surface area contributed by atoms with Crippen molar-refractivity contribution in [3.05, 3.63) is 28.7 Å². The Morgan fingerprint density at radius 2 is 1.94 bits per heavy atom. The predicted molar refractivity (Wildman–Crippen MR) is 68.6 cm³/mol. The Morgan fingerprint density at radius 1 is 1.31 bits per heavy atom. The summed E-state index contributed by atoms with van der Waals surface area (Å²) in [7, 11) is 0. The molecule has 1 aromatic carbocycles. The van der Waals surface area contributed by atoms with E-state index in [1.807, 2.05) is 24.3 Å². The zero-order chi connectivity index (χ0) is 11.8. The molecule has 0 radical (unpaired) electrons. The molecule has 1 aliphatic heterocycles. The highest BCUT2D eigenvalue weighted by molar-refractivity contribution is 9.10. The van der Waals surface area contributed by atoms with Gasteiger partial charge in [0.1, 0.15) is 0 Å². The number of piperazine rings is 1. The van der Waals surface area contributed by atoms with Gasteiger partial charge in [0.25, 0.3) is 0 Å². The lowest BCUT2D eigenvalue weighted by Crippen LogP contribution is -2.60. The van der Waals surface area contributed by atoms with E-state index in [1.165, 1.54) is 0 Å². The van der Waals surface area contributed by atoms with Crippen LogP contribution in [0.2, 0.25) is 0 Å². The summed E-state index contributed by atoms with van der Waals surface area (Å²) >= 11 is 3.41. The van der Waals surface area contributed by atoms with Crippen LogP contribution in [-0.4, -0.2) is 24.5 Å². The number of carbonyl (C=O) groups excluding carboxylic acids is 1. The van der Waals surface area contributed by atoms with E-state index in [9.17, 15) is 4.79 Å². The molecule has 1 aliphatic rings. The molecule has 1 amide bonds. The summed E-state index contributed by atoms with van der Waals surface area (Å²) in [5.41, 5.74) is 1.05. The van der Waals surface area contributed by atoms with Crippen molar-refractivity contribution in [1.29, 1.82) is 0 Å². The van der Waals surface area contributed by atoms with E-state index < -0.39 is 0 Å². The standard InChI is InChI=1S/C12H15BrN2O/c1-12(2)8-14-11(16)7-15(12)10-5-3-9(13)4-6-10/h3-6H,7-8H2,1-2H3,(H,14,16). The zero-order valence-corrected chi connectivity index (χ0v) is 11.0. The summed E-state index contributed by atoms with van der Waals surface area (Å²) in [6.45, 7) is 5.37. The number of halogens is 1. The summed E-state index contributed by atoms with van der Waals surface area (Å²) in [6, 6.07) is 8.06. The van der Waals surface area contributed by atoms with Crippen molar-refractivity contribution < 1.29 is 4.79 Å². The molecule has 16 heavy (non-hydrogen) atoms. The number of rotatable bonds is 1. The van der Waals surface area contributed by atoms with Crippen molar-refractivity contribution in [3.63, 3.8) is 0 Å². The quantitative estimate of drug-likeness (QED) is 0.856. The van der Waals surface area contributed by atoms with Gasteiger partial charge in [-0.25, -0.2) is 0 Å². The van der Waals surface area contributed by atoms with Crippen LogP contribution in [0.15, 0.2) is 28.7 Å². The van der Waals surface area contributed by atoms with Crippen molar-refractivity contribution in [2.45, 2.75) is 19.4 Å². The fourth-order valence-electron chi connectivity index (χ4n) is 1.89. The fourth-order valence-corrected chi connectivity index (χ4v) is 2.15. The Balaban J connectivity index is 2.30. The molecule has 0 bridgehead atoms. The lowest BCUT2D eigenvalue weighted by atomic mass is 9.99. The van der Waals surface area contributed by atoms with E-state index in [0.29, 0.717) is 13.1 Å². The van der Waals surface area contributed by atoms with Gasteiger partial charge in [-0.15, -0.1) is 0 Å². The molecule has 0 unspecified atom stereocenters. The van der Waals surface area contributed by atoms with Crippen molar-refractivity contribution in [2.24, 2.45) is 0 Å². The Morgan fingerprint density at radius 3 is 2.56 bits per heavy atom. The molecule has 3 nitrogen and oxygen atoms in total. The van der Waals surface area contributed by atoms with Crippen LogP contribution in [0.3, 0.4) is 0 Å². The molecule has 0 aliphatic carbocycles. The summed E-state index contributed by atoms with van der Waals surface area (Å²) in [6.07, 6.45) is 0. The second kappa shape index (κ2) is 4.09.